The Morgan fingerprint density at radius 3 is 2.45 bits per heavy atom. The maximum atomic E-state index is 12.5. The second kappa shape index (κ2) is 10.4. The molecule has 2 N–H and O–H groups in total. The van der Waals surface area contributed by atoms with E-state index in [1.54, 1.807) is 11.3 Å². The minimum atomic E-state index is 0.0462. The van der Waals surface area contributed by atoms with Crippen LogP contribution < -0.4 is 10.6 Å². The monoisotopic (exact) mass is 462 g/mol. The number of hydrogen-bond acceptors (Lipinski definition) is 7. The van der Waals surface area contributed by atoms with Crippen LogP contribution in [0.4, 0.5) is 17.3 Å². The topological polar surface area (TPSA) is 73.4 Å². The first-order chi connectivity index (χ1) is 16.2. The van der Waals surface area contributed by atoms with Crippen LogP contribution in [0.1, 0.15) is 19.3 Å². The van der Waals surface area contributed by atoms with Gasteiger partial charge >= 0.3 is 0 Å². The molecule has 0 bridgehead atoms. The van der Waals surface area contributed by atoms with Gasteiger partial charge in [0.2, 0.25) is 11.9 Å². The van der Waals surface area contributed by atoms with Crippen molar-refractivity contribution in [3.05, 3.63) is 53.5 Å². The molecule has 8 heteroatoms. The Hall–Kier alpha value is -2.81. The summed E-state index contributed by atoms with van der Waals surface area (Å²) in [5, 5.41) is 10.3. The van der Waals surface area contributed by atoms with Gasteiger partial charge in [-0.1, -0.05) is 0 Å². The normalized spacial score (nSPS) is 19.1. The molecule has 4 heterocycles. The van der Waals surface area contributed by atoms with Crippen molar-refractivity contribution in [3.63, 3.8) is 0 Å². The Labute approximate surface area is 198 Å². The quantitative estimate of drug-likeness (QED) is 0.520. The molecule has 1 amide bonds. The number of thiophene rings is 1. The number of carbonyl (C=O) groups is 1. The van der Waals surface area contributed by atoms with Crippen molar-refractivity contribution in [2.24, 2.45) is 5.92 Å². The Kier molecular flexibility index (Phi) is 6.95. The molecule has 0 spiro atoms. The number of nitrogens with zero attached hydrogens (tertiary/aromatic N) is 4. The van der Waals surface area contributed by atoms with Crippen LogP contribution in [0.25, 0.3) is 11.1 Å². The molecule has 2 fully saturated rings. The molecule has 0 aliphatic carbocycles. The molecule has 2 aliphatic rings. The highest BCUT2D eigenvalue weighted by Crippen LogP contribution is 2.23. The number of hydrogen-bond donors (Lipinski definition) is 2. The summed E-state index contributed by atoms with van der Waals surface area (Å²) >= 11 is 1.66. The minimum Gasteiger partial charge on any atom is -0.325 e. The van der Waals surface area contributed by atoms with E-state index in [9.17, 15) is 4.79 Å². The zero-order valence-corrected chi connectivity index (χ0v) is 19.6. The SMILES string of the molecule is O=C(CN1CCC(CN2CCCC2)C1)Nc1ccc(Nc2ncc(-c3ccsc3)cn2)cc1. The summed E-state index contributed by atoms with van der Waals surface area (Å²) < 4.78 is 0. The van der Waals surface area contributed by atoms with Gasteiger partial charge in [-0.3, -0.25) is 9.69 Å². The molecule has 1 atom stereocenters. The van der Waals surface area contributed by atoms with Crippen molar-refractivity contribution >= 4 is 34.6 Å². The maximum absolute atomic E-state index is 12.5. The second-order valence-electron chi connectivity index (χ2n) is 8.96. The lowest BCUT2D eigenvalue weighted by atomic mass is 10.1. The highest BCUT2D eigenvalue weighted by Gasteiger charge is 2.26. The van der Waals surface area contributed by atoms with Crippen molar-refractivity contribution in [3.8, 4) is 11.1 Å². The second-order valence-corrected chi connectivity index (χ2v) is 9.74. The summed E-state index contributed by atoms with van der Waals surface area (Å²) in [7, 11) is 0. The third-order valence-electron chi connectivity index (χ3n) is 6.38. The molecule has 2 aliphatic heterocycles. The van der Waals surface area contributed by atoms with Gasteiger partial charge in [0.25, 0.3) is 0 Å². The molecule has 0 radical (unpaired) electrons. The van der Waals surface area contributed by atoms with Crippen LogP contribution in [0, 0.1) is 5.92 Å². The molecular formula is C25H30N6OS. The zero-order valence-electron chi connectivity index (χ0n) is 18.7. The van der Waals surface area contributed by atoms with Gasteiger partial charge in [0.1, 0.15) is 0 Å². The van der Waals surface area contributed by atoms with Crippen LogP contribution >= 0.6 is 11.3 Å². The third-order valence-corrected chi connectivity index (χ3v) is 7.07. The van der Waals surface area contributed by atoms with E-state index in [0.29, 0.717) is 18.4 Å². The summed E-state index contributed by atoms with van der Waals surface area (Å²) in [6.07, 6.45) is 7.50. The van der Waals surface area contributed by atoms with Gasteiger partial charge in [-0.2, -0.15) is 11.3 Å². The van der Waals surface area contributed by atoms with E-state index in [4.69, 9.17) is 0 Å². The number of likely N-dealkylation sites (tertiary alicyclic amines) is 2. The maximum Gasteiger partial charge on any atom is 0.238 e. The number of amides is 1. The van der Waals surface area contributed by atoms with E-state index in [1.807, 2.05) is 42.0 Å². The molecule has 1 unspecified atom stereocenters. The molecule has 172 valence electrons. The van der Waals surface area contributed by atoms with E-state index < -0.39 is 0 Å². The van der Waals surface area contributed by atoms with Crippen molar-refractivity contribution in [2.45, 2.75) is 19.3 Å². The predicted octanol–water partition coefficient (Wildman–Crippen LogP) is 4.30. The van der Waals surface area contributed by atoms with Crippen LogP contribution in [0.5, 0.6) is 0 Å². The van der Waals surface area contributed by atoms with Gasteiger partial charge in [0.05, 0.1) is 6.54 Å². The van der Waals surface area contributed by atoms with Gasteiger partial charge in [-0.05, 0) is 91.5 Å². The van der Waals surface area contributed by atoms with Crippen molar-refractivity contribution in [1.29, 1.82) is 0 Å². The number of anilines is 3. The Morgan fingerprint density at radius 1 is 0.970 bits per heavy atom. The van der Waals surface area contributed by atoms with E-state index in [2.05, 4.69) is 41.8 Å². The van der Waals surface area contributed by atoms with Gasteiger partial charge in [-0.25, -0.2) is 9.97 Å². The van der Waals surface area contributed by atoms with Gasteiger partial charge < -0.3 is 15.5 Å². The molecule has 1 aromatic carbocycles. The fourth-order valence-electron chi connectivity index (χ4n) is 4.68. The fraction of sp³-hybridized carbons (Fsp3) is 0.400. The van der Waals surface area contributed by atoms with E-state index >= 15 is 0 Å². The Morgan fingerprint density at radius 2 is 1.73 bits per heavy atom. The average molecular weight is 463 g/mol. The lowest BCUT2D eigenvalue weighted by molar-refractivity contribution is -0.117. The number of nitrogens with one attached hydrogen (secondary N) is 2. The van der Waals surface area contributed by atoms with Crippen LogP contribution in [0.15, 0.2) is 53.5 Å². The summed E-state index contributed by atoms with van der Waals surface area (Å²) in [6.45, 7) is 6.18. The first-order valence-electron chi connectivity index (χ1n) is 11.7. The fourth-order valence-corrected chi connectivity index (χ4v) is 5.34. The van der Waals surface area contributed by atoms with Gasteiger partial charge in [0, 0.05) is 42.4 Å². The Balaban J connectivity index is 1.08. The van der Waals surface area contributed by atoms with Crippen molar-refractivity contribution in [1.82, 2.24) is 19.8 Å². The van der Waals surface area contributed by atoms with Crippen LogP contribution in [-0.2, 0) is 4.79 Å². The molecular weight excluding hydrogens is 432 g/mol. The zero-order chi connectivity index (χ0) is 22.5. The van der Waals surface area contributed by atoms with Crippen molar-refractivity contribution < 1.29 is 4.79 Å². The molecule has 5 rings (SSSR count). The highest BCUT2D eigenvalue weighted by atomic mass is 32.1. The lowest BCUT2D eigenvalue weighted by Gasteiger charge is -2.20. The minimum absolute atomic E-state index is 0.0462. The number of benzene rings is 1. The molecule has 2 saturated heterocycles. The van der Waals surface area contributed by atoms with Crippen LogP contribution in [-0.4, -0.2) is 64.9 Å². The number of carbonyl (C=O) groups excluding carboxylic acids is 1. The highest BCUT2D eigenvalue weighted by molar-refractivity contribution is 7.08. The lowest BCUT2D eigenvalue weighted by Crippen LogP contribution is -2.33. The molecule has 33 heavy (non-hydrogen) atoms. The molecule has 3 aromatic rings. The summed E-state index contributed by atoms with van der Waals surface area (Å²) in [6, 6.07) is 9.71. The van der Waals surface area contributed by atoms with Gasteiger partial charge in [0.15, 0.2) is 0 Å². The Bertz CT molecular complexity index is 1030. The number of rotatable bonds is 8. The average Bonchev–Trinajstić information content (AvgIpc) is 3.60. The molecule has 7 nitrogen and oxygen atoms in total. The summed E-state index contributed by atoms with van der Waals surface area (Å²) in [4.78, 5) is 26.2. The first kappa shape index (κ1) is 22.0. The standard InChI is InChI=1S/C25H30N6OS/c32-24(17-31-11-7-19(16-31)15-30-9-1-2-10-30)28-22-3-5-23(6-4-22)29-25-26-13-21(14-27-25)20-8-12-33-18-20/h3-6,8,12-14,18-19H,1-2,7,9-11,15-17H2,(H,28,32)(H,26,27,29). The van der Waals surface area contributed by atoms with Crippen LogP contribution in [0.3, 0.4) is 0 Å². The van der Waals surface area contributed by atoms with Crippen LogP contribution in [0.2, 0.25) is 0 Å². The first-order valence-corrected chi connectivity index (χ1v) is 12.6. The van der Waals surface area contributed by atoms with E-state index in [-0.39, 0.29) is 5.91 Å². The van der Waals surface area contributed by atoms with E-state index in [1.165, 1.54) is 38.9 Å². The van der Waals surface area contributed by atoms with Gasteiger partial charge in [-0.15, -0.1) is 0 Å². The largest absolute Gasteiger partial charge is 0.325 e. The predicted molar refractivity (Wildman–Crippen MR) is 134 cm³/mol. The van der Waals surface area contributed by atoms with Crippen molar-refractivity contribution in [2.75, 3.05) is 49.9 Å². The van der Waals surface area contributed by atoms with E-state index in [0.717, 1.165) is 35.6 Å². The summed E-state index contributed by atoms with van der Waals surface area (Å²) in [5.41, 5.74) is 3.80. The molecule has 0 saturated carbocycles. The third kappa shape index (κ3) is 5.96. The summed E-state index contributed by atoms with van der Waals surface area (Å²) in [5.74, 6) is 1.29. The smallest absolute Gasteiger partial charge is 0.238 e. The number of aromatic nitrogens is 2. The molecule has 2 aromatic heterocycles.